The van der Waals surface area contributed by atoms with E-state index >= 15 is 0 Å². The molecule has 0 aliphatic carbocycles. The maximum Gasteiger partial charge on any atom is 0.337 e. The van der Waals surface area contributed by atoms with Crippen LogP contribution in [0.2, 0.25) is 5.02 Å². The summed E-state index contributed by atoms with van der Waals surface area (Å²) in [7, 11) is 1.99. The Balaban J connectivity index is 1.33. The lowest BCUT2D eigenvalue weighted by molar-refractivity contribution is -0.160. The van der Waals surface area contributed by atoms with Gasteiger partial charge in [0.1, 0.15) is 5.01 Å². The first-order valence-corrected chi connectivity index (χ1v) is 16.8. The Hall–Kier alpha value is -3.54. The van der Waals surface area contributed by atoms with E-state index < -0.39 is 17.7 Å². The Morgan fingerprint density at radius 2 is 1.76 bits per heavy atom. The number of anilines is 1. The van der Waals surface area contributed by atoms with Crippen molar-refractivity contribution in [3.05, 3.63) is 64.7 Å². The maximum absolute atomic E-state index is 12.7. The summed E-state index contributed by atoms with van der Waals surface area (Å²) in [6.07, 6.45) is -1.16. The van der Waals surface area contributed by atoms with Crippen molar-refractivity contribution in [2.45, 2.75) is 45.4 Å². The minimum Gasteiger partial charge on any atom is -0.479 e. The van der Waals surface area contributed by atoms with Gasteiger partial charge in [0, 0.05) is 60.3 Å². The number of carboxylic acids is 1. The molecule has 9 nitrogen and oxygen atoms in total. The molecule has 0 radical (unpaired) electrons. The molecule has 0 amide bonds. The van der Waals surface area contributed by atoms with Crippen molar-refractivity contribution in [1.82, 2.24) is 19.7 Å². The van der Waals surface area contributed by atoms with Crippen molar-refractivity contribution < 1.29 is 19.4 Å². The Morgan fingerprint density at radius 1 is 1.07 bits per heavy atom. The topological polar surface area (TPSA) is 93.0 Å². The highest BCUT2D eigenvalue weighted by molar-refractivity contribution is 7.22. The van der Waals surface area contributed by atoms with Gasteiger partial charge in [-0.05, 0) is 75.2 Å². The van der Waals surface area contributed by atoms with Crippen LogP contribution in [0, 0.1) is 6.92 Å². The number of piperazine rings is 1. The second-order valence-corrected chi connectivity index (χ2v) is 14.6. The molecule has 1 N–H and O–H groups in total. The molecule has 1 atom stereocenters. The molecule has 0 bridgehead atoms. The highest BCUT2D eigenvalue weighted by Crippen LogP contribution is 2.45. The number of carboxylic acid groups (broad SMARTS) is 1. The fourth-order valence-corrected chi connectivity index (χ4v) is 7.76. The van der Waals surface area contributed by atoms with E-state index in [1.165, 1.54) is 0 Å². The highest BCUT2D eigenvalue weighted by atomic mass is 35.5. The Kier molecular flexibility index (Phi) is 8.05. The molecular formula is C35H38ClN5O4S. The van der Waals surface area contributed by atoms with Crippen LogP contribution in [0.1, 0.15) is 38.0 Å². The summed E-state index contributed by atoms with van der Waals surface area (Å²) in [5.74, 6) is -0.0395. The van der Waals surface area contributed by atoms with E-state index in [1.807, 2.05) is 69.8 Å². The van der Waals surface area contributed by atoms with Crippen molar-refractivity contribution in [3.63, 3.8) is 0 Å². The minimum absolute atomic E-state index is 0.543. The Bertz CT molecular complexity index is 1940. The number of aliphatic carboxylic acids is 1. The third-order valence-corrected chi connectivity index (χ3v) is 10.2. The van der Waals surface area contributed by atoms with Crippen molar-refractivity contribution in [1.29, 1.82) is 0 Å². The van der Waals surface area contributed by atoms with Crippen molar-refractivity contribution in [2.24, 2.45) is 7.05 Å². The Morgan fingerprint density at radius 3 is 2.39 bits per heavy atom. The molecule has 5 aromatic rings. The molecule has 11 heteroatoms. The molecule has 2 aromatic heterocycles. The lowest BCUT2D eigenvalue weighted by Gasteiger charge is -2.42. The van der Waals surface area contributed by atoms with Crippen LogP contribution in [-0.2, 0) is 21.3 Å². The third-order valence-electron chi connectivity index (χ3n) is 8.85. The van der Waals surface area contributed by atoms with Gasteiger partial charge in [-0.1, -0.05) is 23.7 Å². The molecule has 2 aliphatic rings. The summed E-state index contributed by atoms with van der Waals surface area (Å²) in [5.41, 5.74) is 5.32. The minimum atomic E-state index is -1.16. The van der Waals surface area contributed by atoms with Gasteiger partial charge in [-0.25, -0.2) is 9.78 Å². The van der Waals surface area contributed by atoms with Crippen molar-refractivity contribution >= 4 is 55.8 Å². The van der Waals surface area contributed by atoms with Crippen molar-refractivity contribution in [3.8, 4) is 21.7 Å². The molecule has 7 rings (SSSR count). The molecule has 0 saturated carbocycles. The zero-order chi connectivity index (χ0) is 32.3. The molecular weight excluding hydrogens is 622 g/mol. The zero-order valence-corrected chi connectivity index (χ0v) is 28.3. The number of hydrogen-bond acceptors (Lipinski definition) is 8. The molecule has 240 valence electrons. The van der Waals surface area contributed by atoms with Gasteiger partial charge in [0.15, 0.2) is 11.9 Å². The lowest BCUT2D eigenvalue weighted by atomic mass is 9.91. The van der Waals surface area contributed by atoms with Crippen LogP contribution >= 0.6 is 22.9 Å². The average molecular weight is 660 g/mol. The SMILES string of the molecule is Cc1cc2nc(-c3ccc4c(c3)c(N3CCN(C5COC5)CC3)nn4C)sc2c(-c2ccc(Cl)cc2)c1C(OC(C)(C)C)C(=O)O. The van der Waals surface area contributed by atoms with Gasteiger partial charge >= 0.3 is 5.97 Å². The van der Waals surface area contributed by atoms with Crippen LogP contribution in [0.4, 0.5) is 5.82 Å². The van der Waals surface area contributed by atoms with Gasteiger partial charge in [-0.2, -0.15) is 5.10 Å². The fraction of sp³-hybridized carbons (Fsp3) is 0.400. The number of hydrogen-bond donors (Lipinski definition) is 1. The quantitative estimate of drug-likeness (QED) is 0.201. The first kappa shape index (κ1) is 31.1. The van der Waals surface area contributed by atoms with E-state index in [1.54, 1.807) is 11.3 Å². The van der Waals surface area contributed by atoms with E-state index in [0.717, 1.165) is 93.6 Å². The number of thiazole rings is 1. The molecule has 46 heavy (non-hydrogen) atoms. The zero-order valence-electron chi connectivity index (χ0n) is 26.7. The molecule has 0 spiro atoms. The summed E-state index contributed by atoms with van der Waals surface area (Å²) in [6, 6.07) is 16.4. The standard InChI is InChI=1S/C35H38ClN5O4S/c1-20-16-26-31(29(21-6-9-23(36)10-7-21)28(20)30(34(42)43)45-35(2,3)4)46-33(37-26)22-8-11-27-25(17-22)32(38-39(27)5)41-14-12-40(13-15-41)24-18-44-19-24/h6-11,16-17,24,30H,12-15,18-19H2,1-5H3,(H,42,43). The van der Waals surface area contributed by atoms with Crippen LogP contribution in [0.3, 0.4) is 0 Å². The Labute approximate surface area is 277 Å². The molecule has 4 heterocycles. The van der Waals surface area contributed by atoms with Gasteiger partial charge < -0.3 is 19.5 Å². The summed E-state index contributed by atoms with van der Waals surface area (Å²) < 4.78 is 14.5. The van der Waals surface area contributed by atoms with Gasteiger partial charge in [0.05, 0.1) is 40.6 Å². The summed E-state index contributed by atoms with van der Waals surface area (Å²) in [6.45, 7) is 13.0. The highest BCUT2D eigenvalue weighted by Gasteiger charge is 2.33. The molecule has 2 fully saturated rings. The van der Waals surface area contributed by atoms with Crippen LogP contribution in [0.25, 0.3) is 42.8 Å². The van der Waals surface area contributed by atoms with Gasteiger partial charge in [-0.15, -0.1) is 11.3 Å². The molecule has 1 unspecified atom stereocenters. The summed E-state index contributed by atoms with van der Waals surface area (Å²) in [5, 5.41) is 17.9. The number of aryl methyl sites for hydroxylation is 2. The number of nitrogens with zero attached hydrogens (tertiary/aromatic N) is 5. The van der Waals surface area contributed by atoms with Gasteiger partial charge in [0.2, 0.25) is 0 Å². The second kappa shape index (κ2) is 11.9. The average Bonchev–Trinajstić information content (AvgIpc) is 3.55. The van der Waals surface area contributed by atoms with Crippen molar-refractivity contribution in [2.75, 3.05) is 44.3 Å². The summed E-state index contributed by atoms with van der Waals surface area (Å²) >= 11 is 7.84. The number of ether oxygens (including phenoxy) is 2. The second-order valence-electron chi connectivity index (χ2n) is 13.2. The smallest absolute Gasteiger partial charge is 0.337 e. The number of rotatable bonds is 7. The maximum atomic E-state index is 12.7. The lowest BCUT2D eigenvalue weighted by Crippen LogP contribution is -2.56. The predicted molar refractivity (Wildman–Crippen MR) is 184 cm³/mol. The molecule has 2 saturated heterocycles. The normalized spacial score (nSPS) is 17.1. The first-order valence-electron chi connectivity index (χ1n) is 15.6. The molecule has 3 aromatic carbocycles. The largest absolute Gasteiger partial charge is 0.479 e. The number of benzene rings is 3. The third kappa shape index (κ3) is 5.77. The predicted octanol–water partition coefficient (Wildman–Crippen LogP) is 6.94. The van der Waals surface area contributed by atoms with Crippen LogP contribution in [-0.4, -0.2) is 81.8 Å². The van der Waals surface area contributed by atoms with Gasteiger partial charge in [-0.3, -0.25) is 9.58 Å². The summed E-state index contributed by atoms with van der Waals surface area (Å²) in [4.78, 5) is 22.7. The van der Waals surface area contributed by atoms with E-state index in [-0.39, 0.29) is 0 Å². The monoisotopic (exact) mass is 659 g/mol. The molecule has 2 aliphatic heterocycles. The van der Waals surface area contributed by atoms with Gasteiger partial charge in [0.25, 0.3) is 0 Å². The number of aromatic nitrogens is 3. The van der Waals surface area contributed by atoms with E-state index in [2.05, 4.69) is 28.0 Å². The van der Waals surface area contributed by atoms with Crippen LogP contribution in [0.5, 0.6) is 0 Å². The van der Waals surface area contributed by atoms with Crippen LogP contribution in [0.15, 0.2) is 48.5 Å². The number of fused-ring (bicyclic) bond motifs is 2. The van der Waals surface area contributed by atoms with E-state index in [4.69, 9.17) is 31.2 Å². The first-order chi connectivity index (χ1) is 22.0. The van der Waals surface area contributed by atoms with E-state index in [0.29, 0.717) is 16.6 Å². The number of halogens is 1. The fourth-order valence-electron chi connectivity index (χ4n) is 6.51. The number of carbonyl (C=O) groups is 1. The van der Waals surface area contributed by atoms with E-state index in [9.17, 15) is 9.90 Å². The van der Waals surface area contributed by atoms with Crippen LogP contribution < -0.4 is 4.90 Å².